The van der Waals surface area contributed by atoms with E-state index in [1.54, 1.807) is 30.2 Å². The highest BCUT2D eigenvalue weighted by Gasteiger charge is 2.19. The number of hydrogen-bond acceptors (Lipinski definition) is 5. The number of nitrogens with zero attached hydrogens (tertiary/aromatic N) is 1. The first kappa shape index (κ1) is 20.2. The molecule has 0 saturated carbocycles. The van der Waals surface area contributed by atoms with Crippen molar-refractivity contribution in [2.24, 2.45) is 0 Å². The van der Waals surface area contributed by atoms with E-state index < -0.39 is 0 Å². The normalized spacial score (nSPS) is 10.1. The lowest BCUT2D eigenvalue weighted by atomic mass is 10.1. The first-order chi connectivity index (χ1) is 13.0. The zero-order valence-corrected chi connectivity index (χ0v) is 16.2. The summed E-state index contributed by atoms with van der Waals surface area (Å²) < 4.78 is 21.4. The molecule has 27 heavy (non-hydrogen) atoms. The van der Waals surface area contributed by atoms with Crippen molar-refractivity contribution in [1.29, 1.82) is 0 Å². The second-order valence-electron chi connectivity index (χ2n) is 5.82. The molecule has 0 bridgehead atoms. The number of carbonyl (C=O) groups excluding carboxylic acids is 1. The molecular formula is C21H25NO5. The van der Waals surface area contributed by atoms with Crippen LogP contribution in [0.1, 0.15) is 15.9 Å². The van der Waals surface area contributed by atoms with Gasteiger partial charge in [0.1, 0.15) is 12.4 Å². The van der Waals surface area contributed by atoms with Gasteiger partial charge in [0.2, 0.25) is 5.75 Å². The monoisotopic (exact) mass is 371 g/mol. The average molecular weight is 371 g/mol. The van der Waals surface area contributed by atoms with Crippen LogP contribution in [-0.2, 0) is 6.54 Å². The van der Waals surface area contributed by atoms with Gasteiger partial charge in [-0.2, -0.15) is 0 Å². The Morgan fingerprint density at radius 3 is 2.11 bits per heavy atom. The summed E-state index contributed by atoms with van der Waals surface area (Å²) in [5, 5.41) is 0. The van der Waals surface area contributed by atoms with E-state index in [0.717, 1.165) is 11.3 Å². The van der Waals surface area contributed by atoms with Crippen LogP contribution in [0.4, 0.5) is 0 Å². The SMILES string of the molecule is C=CCOc1ccc(CN(C)C(=O)c2cc(OC)c(OC)c(OC)c2)cc1. The number of rotatable bonds is 9. The first-order valence-corrected chi connectivity index (χ1v) is 8.42. The van der Waals surface area contributed by atoms with Crippen LogP contribution in [0.3, 0.4) is 0 Å². The fourth-order valence-electron chi connectivity index (χ4n) is 2.62. The summed E-state index contributed by atoms with van der Waals surface area (Å²) in [5.74, 6) is 1.95. The molecule has 0 radical (unpaired) electrons. The molecule has 0 atom stereocenters. The minimum atomic E-state index is -0.152. The second kappa shape index (κ2) is 9.52. The van der Waals surface area contributed by atoms with Crippen LogP contribution in [0, 0.1) is 0 Å². The van der Waals surface area contributed by atoms with Crippen molar-refractivity contribution in [2.45, 2.75) is 6.54 Å². The third-order valence-corrected chi connectivity index (χ3v) is 3.97. The molecule has 2 aromatic carbocycles. The van der Waals surface area contributed by atoms with Crippen LogP contribution in [-0.4, -0.2) is 45.8 Å². The van der Waals surface area contributed by atoms with Gasteiger partial charge in [0.05, 0.1) is 21.3 Å². The summed E-state index contributed by atoms with van der Waals surface area (Å²) in [6.45, 7) is 4.53. The van der Waals surface area contributed by atoms with Gasteiger partial charge in [-0.05, 0) is 29.8 Å². The maximum Gasteiger partial charge on any atom is 0.254 e. The van der Waals surface area contributed by atoms with Gasteiger partial charge in [0.15, 0.2) is 11.5 Å². The van der Waals surface area contributed by atoms with E-state index in [9.17, 15) is 4.79 Å². The molecular weight excluding hydrogens is 346 g/mol. The van der Waals surface area contributed by atoms with Gasteiger partial charge in [-0.3, -0.25) is 4.79 Å². The van der Waals surface area contributed by atoms with E-state index in [-0.39, 0.29) is 5.91 Å². The molecule has 144 valence electrons. The number of benzene rings is 2. The zero-order chi connectivity index (χ0) is 19.8. The van der Waals surface area contributed by atoms with E-state index in [1.165, 1.54) is 21.3 Å². The molecule has 2 rings (SSSR count). The topological polar surface area (TPSA) is 57.2 Å². The fraction of sp³-hybridized carbons (Fsp3) is 0.286. The summed E-state index contributed by atoms with van der Waals surface area (Å²) in [6.07, 6.45) is 1.69. The Morgan fingerprint density at radius 2 is 1.63 bits per heavy atom. The molecule has 0 spiro atoms. The fourth-order valence-corrected chi connectivity index (χ4v) is 2.62. The lowest BCUT2D eigenvalue weighted by Crippen LogP contribution is -2.26. The van der Waals surface area contributed by atoms with Crippen molar-refractivity contribution >= 4 is 5.91 Å². The summed E-state index contributed by atoms with van der Waals surface area (Å²) in [6, 6.07) is 10.9. The Kier molecular flexibility index (Phi) is 7.11. The molecule has 0 aliphatic heterocycles. The predicted molar refractivity (Wildman–Crippen MR) is 104 cm³/mol. The summed E-state index contributed by atoms with van der Waals surface area (Å²) in [5.41, 5.74) is 1.45. The number of amides is 1. The quantitative estimate of drug-likeness (QED) is 0.631. The molecule has 6 heteroatoms. The van der Waals surface area contributed by atoms with E-state index in [2.05, 4.69) is 6.58 Å². The van der Waals surface area contributed by atoms with Crippen LogP contribution in [0.15, 0.2) is 49.1 Å². The van der Waals surface area contributed by atoms with Crippen LogP contribution in [0.2, 0.25) is 0 Å². The lowest BCUT2D eigenvalue weighted by molar-refractivity contribution is 0.0784. The Hall–Kier alpha value is -3.15. The molecule has 6 nitrogen and oxygen atoms in total. The molecule has 0 N–H and O–H groups in total. The molecule has 0 fully saturated rings. The van der Waals surface area contributed by atoms with E-state index >= 15 is 0 Å². The second-order valence-corrected chi connectivity index (χ2v) is 5.82. The Balaban J connectivity index is 2.16. The molecule has 2 aromatic rings. The van der Waals surface area contributed by atoms with Crippen molar-refractivity contribution in [3.63, 3.8) is 0 Å². The number of hydrogen-bond donors (Lipinski definition) is 0. The van der Waals surface area contributed by atoms with E-state index in [0.29, 0.717) is 36.0 Å². The Labute approximate surface area is 159 Å². The van der Waals surface area contributed by atoms with Gasteiger partial charge >= 0.3 is 0 Å². The van der Waals surface area contributed by atoms with Gasteiger partial charge < -0.3 is 23.8 Å². The maximum absolute atomic E-state index is 12.8. The van der Waals surface area contributed by atoms with Gasteiger partial charge in [-0.15, -0.1) is 0 Å². The highest BCUT2D eigenvalue weighted by atomic mass is 16.5. The maximum atomic E-state index is 12.8. The number of methoxy groups -OCH3 is 3. The van der Waals surface area contributed by atoms with E-state index in [1.807, 2.05) is 24.3 Å². The minimum absolute atomic E-state index is 0.152. The number of carbonyl (C=O) groups is 1. The van der Waals surface area contributed by atoms with Crippen LogP contribution < -0.4 is 18.9 Å². The third kappa shape index (κ3) is 4.94. The smallest absolute Gasteiger partial charge is 0.254 e. The lowest BCUT2D eigenvalue weighted by Gasteiger charge is -2.19. The number of ether oxygens (including phenoxy) is 4. The van der Waals surface area contributed by atoms with Crippen LogP contribution >= 0.6 is 0 Å². The Bertz CT molecular complexity index is 761. The van der Waals surface area contributed by atoms with Crippen molar-refractivity contribution in [2.75, 3.05) is 35.0 Å². The van der Waals surface area contributed by atoms with Gasteiger partial charge in [0.25, 0.3) is 5.91 Å². The summed E-state index contributed by atoms with van der Waals surface area (Å²) in [4.78, 5) is 14.5. The Morgan fingerprint density at radius 1 is 1.04 bits per heavy atom. The standard InChI is InChI=1S/C21H25NO5/c1-6-11-27-17-9-7-15(8-10-17)14-22(2)21(23)16-12-18(24-3)20(26-5)19(13-16)25-4/h6-10,12-13H,1,11,14H2,2-5H3. The molecule has 0 saturated heterocycles. The van der Waals surface area contributed by atoms with Gasteiger partial charge in [0, 0.05) is 19.2 Å². The van der Waals surface area contributed by atoms with Gasteiger partial charge in [-0.25, -0.2) is 0 Å². The zero-order valence-electron chi connectivity index (χ0n) is 16.2. The van der Waals surface area contributed by atoms with E-state index in [4.69, 9.17) is 18.9 Å². The van der Waals surface area contributed by atoms with Crippen LogP contribution in [0.5, 0.6) is 23.0 Å². The molecule has 0 aliphatic rings. The highest BCUT2D eigenvalue weighted by molar-refractivity contribution is 5.95. The van der Waals surface area contributed by atoms with Crippen molar-refractivity contribution in [3.05, 3.63) is 60.2 Å². The summed E-state index contributed by atoms with van der Waals surface area (Å²) in [7, 11) is 6.31. The molecule has 0 aromatic heterocycles. The van der Waals surface area contributed by atoms with Crippen LogP contribution in [0.25, 0.3) is 0 Å². The van der Waals surface area contributed by atoms with Crippen molar-refractivity contribution in [3.8, 4) is 23.0 Å². The van der Waals surface area contributed by atoms with Crippen molar-refractivity contribution in [1.82, 2.24) is 4.90 Å². The highest BCUT2D eigenvalue weighted by Crippen LogP contribution is 2.38. The van der Waals surface area contributed by atoms with Crippen molar-refractivity contribution < 1.29 is 23.7 Å². The first-order valence-electron chi connectivity index (χ1n) is 8.42. The average Bonchev–Trinajstić information content (AvgIpc) is 2.71. The van der Waals surface area contributed by atoms with Gasteiger partial charge in [-0.1, -0.05) is 24.8 Å². The molecule has 0 unspecified atom stereocenters. The minimum Gasteiger partial charge on any atom is -0.493 e. The molecule has 0 heterocycles. The summed E-state index contributed by atoms with van der Waals surface area (Å²) >= 11 is 0. The molecule has 1 amide bonds. The largest absolute Gasteiger partial charge is 0.493 e. The molecule has 0 aliphatic carbocycles. The predicted octanol–water partition coefficient (Wildman–Crippen LogP) is 3.55. The third-order valence-electron chi connectivity index (χ3n) is 3.97.